The summed E-state index contributed by atoms with van der Waals surface area (Å²) < 4.78 is 20.2. The van der Waals surface area contributed by atoms with E-state index in [0.29, 0.717) is 65.2 Å². The van der Waals surface area contributed by atoms with Crippen molar-refractivity contribution in [2.45, 2.75) is 103 Å². The number of amides is 3. The number of methoxy groups -OCH3 is 2. The zero-order chi connectivity index (χ0) is 51.2. The number of benzene rings is 2. The lowest BCUT2D eigenvalue weighted by Crippen LogP contribution is -2.39. The Morgan fingerprint density at radius 3 is 1.59 bits per heavy atom. The number of rotatable bonds is 10. The molecule has 6 heterocycles. The van der Waals surface area contributed by atoms with Gasteiger partial charge in [0.2, 0.25) is 11.8 Å². The molecule has 2 aliphatic heterocycles. The SMILES string of the molecule is COc1cccc(NC(=O)C2CCC(n3cnc4c(N)nc(C5=CCN(C(=O)OC(C)(C)C)CC5)nc43)CC2)c1.COc1cccc(NC(=O)C2CCC(n3cnc4c(N)nc(C5=CCNCC5)nc43)CC2)c1. The van der Waals surface area contributed by atoms with Crippen LogP contribution in [0.2, 0.25) is 0 Å². The molecule has 73 heavy (non-hydrogen) atoms. The van der Waals surface area contributed by atoms with Crippen LogP contribution < -0.4 is 36.9 Å². The summed E-state index contributed by atoms with van der Waals surface area (Å²) in [6.45, 7) is 8.24. The van der Waals surface area contributed by atoms with Crippen LogP contribution in [-0.2, 0) is 14.3 Å². The normalized spacial score (nSPS) is 20.3. The maximum absolute atomic E-state index is 12.9. The van der Waals surface area contributed by atoms with Crippen molar-refractivity contribution in [2.75, 3.05) is 62.5 Å². The van der Waals surface area contributed by atoms with Crippen molar-refractivity contribution in [2.24, 2.45) is 11.8 Å². The molecule has 4 aromatic heterocycles. The van der Waals surface area contributed by atoms with Gasteiger partial charge in [-0.15, -0.1) is 0 Å². The van der Waals surface area contributed by atoms with Crippen molar-refractivity contribution in [3.63, 3.8) is 0 Å². The van der Waals surface area contributed by atoms with E-state index in [2.05, 4.69) is 51.1 Å². The van der Waals surface area contributed by atoms with Crippen LogP contribution in [0.4, 0.5) is 27.8 Å². The monoisotopic (exact) mass is 995 g/mol. The van der Waals surface area contributed by atoms with Gasteiger partial charge in [-0.05, 0) is 127 Å². The fourth-order valence-electron chi connectivity index (χ4n) is 10.0. The molecule has 0 saturated heterocycles. The summed E-state index contributed by atoms with van der Waals surface area (Å²) in [5.41, 5.74) is 18.2. The van der Waals surface area contributed by atoms with E-state index in [0.717, 1.165) is 105 Å². The van der Waals surface area contributed by atoms with Gasteiger partial charge in [-0.1, -0.05) is 24.3 Å². The molecular weight excluding hydrogens is 929 g/mol. The zero-order valence-corrected chi connectivity index (χ0v) is 42.3. The van der Waals surface area contributed by atoms with Gasteiger partial charge in [0.25, 0.3) is 0 Å². The highest BCUT2D eigenvalue weighted by molar-refractivity contribution is 5.93. The summed E-state index contributed by atoms with van der Waals surface area (Å²) >= 11 is 0. The summed E-state index contributed by atoms with van der Waals surface area (Å²) in [6, 6.07) is 15.2. The van der Waals surface area contributed by atoms with Crippen LogP contribution in [0.25, 0.3) is 33.5 Å². The molecule has 3 amide bonds. The fraction of sp³-hybridized carbons (Fsp3) is 0.453. The average molecular weight is 995 g/mol. The van der Waals surface area contributed by atoms with Crippen molar-refractivity contribution in [3.8, 4) is 11.5 Å². The second-order valence-corrected chi connectivity index (χ2v) is 20.1. The molecule has 6 aromatic rings. The molecule has 2 aliphatic carbocycles. The predicted molar refractivity (Wildman–Crippen MR) is 281 cm³/mol. The number of nitrogens with two attached hydrogens (primary N) is 2. The lowest BCUT2D eigenvalue weighted by molar-refractivity contribution is -0.121. The topological polar surface area (TPSA) is 257 Å². The molecule has 4 aliphatic rings. The van der Waals surface area contributed by atoms with Crippen LogP contribution in [0.5, 0.6) is 11.5 Å². The molecule has 0 radical (unpaired) electrons. The van der Waals surface area contributed by atoms with Gasteiger partial charge in [0.15, 0.2) is 34.6 Å². The first-order valence-corrected chi connectivity index (χ1v) is 25.2. The van der Waals surface area contributed by atoms with Gasteiger partial charge in [0.05, 0.1) is 26.9 Å². The first kappa shape index (κ1) is 50.3. The lowest BCUT2D eigenvalue weighted by atomic mass is 9.85. The zero-order valence-electron chi connectivity index (χ0n) is 42.3. The van der Waals surface area contributed by atoms with E-state index in [-0.39, 0.29) is 41.8 Å². The highest BCUT2D eigenvalue weighted by Crippen LogP contribution is 2.37. The minimum absolute atomic E-state index is 0.0163. The molecule has 0 spiro atoms. The minimum atomic E-state index is -0.541. The number of carbonyl (C=O) groups is 3. The Balaban J connectivity index is 0.000000183. The van der Waals surface area contributed by atoms with E-state index in [9.17, 15) is 14.4 Å². The number of anilines is 4. The third kappa shape index (κ3) is 11.9. The summed E-state index contributed by atoms with van der Waals surface area (Å²) in [4.78, 5) is 67.6. The summed E-state index contributed by atoms with van der Waals surface area (Å²) in [7, 11) is 3.22. The third-order valence-electron chi connectivity index (χ3n) is 14.0. The summed E-state index contributed by atoms with van der Waals surface area (Å²) in [5.74, 6) is 3.44. The van der Waals surface area contributed by atoms with E-state index in [4.69, 9.17) is 35.6 Å². The highest BCUT2D eigenvalue weighted by atomic mass is 16.6. The maximum Gasteiger partial charge on any atom is 0.410 e. The Morgan fingerprint density at radius 2 is 1.16 bits per heavy atom. The molecule has 0 unspecified atom stereocenters. The van der Waals surface area contributed by atoms with Gasteiger partial charge >= 0.3 is 6.09 Å². The van der Waals surface area contributed by atoms with Crippen molar-refractivity contribution in [3.05, 3.63) is 85.0 Å². The van der Waals surface area contributed by atoms with Crippen molar-refractivity contribution in [1.82, 2.24) is 49.3 Å². The maximum atomic E-state index is 12.9. The third-order valence-corrected chi connectivity index (χ3v) is 14.0. The summed E-state index contributed by atoms with van der Waals surface area (Å²) in [5, 5.41) is 9.36. The molecule has 10 rings (SSSR count). The number of ether oxygens (including phenoxy) is 3. The molecule has 0 bridgehead atoms. The predicted octanol–water partition coefficient (Wildman–Crippen LogP) is 7.98. The van der Waals surface area contributed by atoms with Crippen LogP contribution in [-0.4, -0.2) is 108 Å². The highest BCUT2D eigenvalue weighted by Gasteiger charge is 2.31. The molecular formula is C53H66N14O6. The number of nitrogens with zero attached hydrogens (tertiary/aromatic N) is 9. The number of carbonyl (C=O) groups excluding carboxylic acids is 3. The standard InChI is InChI=1S/C29H37N7O4.C24H29N7O2/c1-29(2,3)40-28(38)35-14-12-18(13-15-35)25-33-24(30)23-26(34-25)36(17-31-23)21-10-8-19(9-11-21)27(37)32-20-6-5-7-22(16-20)39-4;1-33-19-4-2-3-17(13-19)28-24(32)16-5-7-18(8-6-16)31-14-27-20-21(25)29-22(30-23(20)31)15-9-11-26-12-10-15/h5-7,12,16-17,19,21H,8-11,13-15H2,1-4H3,(H,32,37)(H2,30,33,34);2-4,9,13-14,16,18,26H,5-8,10-12H2,1H3,(H,28,32)(H2,25,29,30). The average Bonchev–Trinajstić information content (AvgIpc) is 4.05. The van der Waals surface area contributed by atoms with E-state index >= 15 is 0 Å². The first-order chi connectivity index (χ1) is 35.2. The summed E-state index contributed by atoms with van der Waals surface area (Å²) in [6.07, 6.45) is 15.4. The van der Waals surface area contributed by atoms with Gasteiger partial charge in [-0.3, -0.25) is 9.59 Å². The van der Waals surface area contributed by atoms with Crippen LogP contribution >= 0.6 is 0 Å². The van der Waals surface area contributed by atoms with E-state index in [1.165, 1.54) is 0 Å². The number of hydrogen-bond donors (Lipinski definition) is 5. The van der Waals surface area contributed by atoms with Gasteiger partial charge in [0, 0.05) is 67.1 Å². The molecule has 2 saturated carbocycles. The lowest BCUT2D eigenvalue weighted by Gasteiger charge is -2.29. The molecule has 384 valence electrons. The van der Waals surface area contributed by atoms with E-state index < -0.39 is 5.60 Å². The number of hydrogen-bond acceptors (Lipinski definition) is 15. The van der Waals surface area contributed by atoms with Crippen molar-refractivity contribution >= 4 is 74.4 Å². The quantitative estimate of drug-likeness (QED) is 0.0872. The fourth-order valence-corrected chi connectivity index (χ4v) is 10.0. The Bertz CT molecular complexity index is 3030. The van der Waals surface area contributed by atoms with Crippen LogP contribution in [0.15, 0.2) is 73.3 Å². The number of nitrogen functional groups attached to an aromatic ring is 2. The number of aromatic nitrogens is 8. The van der Waals surface area contributed by atoms with Crippen LogP contribution in [0.1, 0.15) is 109 Å². The number of fused-ring (bicyclic) bond motifs is 2. The number of imidazole rings is 2. The first-order valence-electron chi connectivity index (χ1n) is 25.2. The molecule has 20 heteroatoms. The molecule has 20 nitrogen and oxygen atoms in total. The Hall–Kier alpha value is -7.61. The van der Waals surface area contributed by atoms with Crippen LogP contribution in [0.3, 0.4) is 0 Å². The Labute approximate surface area is 424 Å². The second-order valence-electron chi connectivity index (χ2n) is 20.1. The minimum Gasteiger partial charge on any atom is -0.497 e. The molecule has 0 atom stereocenters. The van der Waals surface area contributed by atoms with Gasteiger partial charge in [-0.2, -0.15) is 0 Å². The van der Waals surface area contributed by atoms with E-state index in [1.54, 1.807) is 25.4 Å². The van der Waals surface area contributed by atoms with Crippen LogP contribution in [0, 0.1) is 11.8 Å². The van der Waals surface area contributed by atoms with E-state index in [1.807, 2.05) is 81.7 Å². The Morgan fingerprint density at radius 1 is 0.671 bits per heavy atom. The Kier molecular flexibility index (Phi) is 15.2. The molecule has 7 N–H and O–H groups in total. The second kappa shape index (κ2) is 22.0. The molecule has 2 aromatic carbocycles. The smallest absolute Gasteiger partial charge is 0.410 e. The van der Waals surface area contributed by atoms with Gasteiger partial charge in [-0.25, -0.2) is 34.7 Å². The largest absolute Gasteiger partial charge is 0.497 e. The number of nitrogens with one attached hydrogen (secondary N) is 3. The van der Waals surface area contributed by atoms with Crippen molar-refractivity contribution in [1.29, 1.82) is 0 Å². The van der Waals surface area contributed by atoms with Crippen molar-refractivity contribution < 1.29 is 28.6 Å². The van der Waals surface area contributed by atoms with Gasteiger partial charge < -0.3 is 55.7 Å². The molecule has 2 fully saturated rings. The van der Waals surface area contributed by atoms with Gasteiger partial charge in [0.1, 0.15) is 28.1 Å².